The van der Waals surface area contributed by atoms with E-state index in [0.717, 1.165) is 38.3 Å². The Hall–Kier alpha value is -1.87. The Balaban J connectivity index is 1.78. The van der Waals surface area contributed by atoms with E-state index in [9.17, 15) is 9.59 Å². The van der Waals surface area contributed by atoms with Crippen molar-refractivity contribution in [2.75, 3.05) is 50.1 Å². The highest BCUT2D eigenvalue weighted by Gasteiger charge is 2.51. The Morgan fingerprint density at radius 2 is 2.00 bits per heavy atom. The molecule has 0 spiro atoms. The number of rotatable bonds is 4. The monoisotopic (exact) mass is 466 g/mol. The first-order valence-electron chi connectivity index (χ1n) is 11.2. The summed E-state index contributed by atoms with van der Waals surface area (Å²) < 4.78 is 11.0. The van der Waals surface area contributed by atoms with Gasteiger partial charge in [0.1, 0.15) is 11.8 Å². The normalized spacial score (nSPS) is 25.2. The molecule has 1 amide bonds. The average molecular weight is 467 g/mol. The summed E-state index contributed by atoms with van der Waals surface area (Å²) in [4.78, 5) is 31.0. The minimum absolute atomic E-state index is 0.0564. The van der Waals surface area contributed by atoms with E-state index in [4.69, 9.17) is 26.8 Å². The summed E-state index contributed by atoms with van der Waals surface area (Å²) in [6.45, 7) is 9.36. The number of likely N-dealkylation sites (N-methyl/N-ethyl adjacent to an activating group) is 1. The van der Waals surface area contributed by atoms with Crippen LogP contribution in [-0.4, -0.2) is 68.4 Å². The number of nitrogens with one attached hydrogen (secondary N) is 1. The molecule has 1 aromatic carbocycles. The number of amides is 1. The first-order chi connectivity index (χ1) is 15.0. The summed E-state index contributed by atoms with van der Waals surface area (Å²) in [5.41, 5.74) is 5.28. The molecule has 2 aliphatic heterocycles. The van der Waals surface area contributed by atoms with E-state index in [1.54, 1.807) is 26.8 Å². The number of nitrogens with zero attached hydrogens (tertiary/aromatic N) is 2. The van der Waals surface area contributed by atoms with Crippen molar-refractivity contribution in [1.29, 1.82) is 0 Å². The van der Waals surface area contributed by atoms with E-state index in [-0.39, 0.29) is 19.4 Å². The van der Waals surface area contributed by atoms with Gasteiger partial charge in [0.25, 0.3) is 0 Å². The first kappa shape index (κ1) is 24.8. The molecule has 9 heteroatoms. The van der Waals surface area contributed by atoms with Crippen LogP contribution in [0, 0.1) is 5.41 Å². The van der Waals surface area contributed by atoms with Crippen LogP contribution < -0.4 is 16.0 Å². The topological polar surface area (TPSA) is 97.1 Å². The second kappa shape index (κ2) is 9.95. The zero-order valence-electron chi connectivity index (χ0n) is 19.4. The maximum atomic E-state index is 13.4. The lowest BCUT2D eigenvalue weighted by molar-refractivity contribution is -0.179. The van der Waals surface area contributed by atoms with Crippen LogP contribution in [0.25, 0.3) is 0 Å². The molecule has 2 heterocycles. The number of benzene rings is 1. The number of ether oxygens (including phenoxy) is 2. The molecule has 0 bridgehead atoms. The Morgan fingerprint density at radius 1 is 1.25 bits per heavy atom. The van der Waals surface area contributed by atoms with Gasteiger partial charge in [-0.25, -0.2) is 0 Å². The largest absolute Gasteiger partial charge is 0.459 e. The van der Waals surface area contributed by atoms with Gasteiger partial charge in [0.15, 0.2) is 5.41 Å². The molecule has 0 aromatic heterocycles. The number of anilines is 2. The maximum absolute atomic E-state index is 13.4. The van der Waals surface area contributed by atoms with Gasteiger partial charge in [0, 0.05) is 31.7 Å². The molecule has 2 atom stereocenters. The molecule has 178 valence electrons. The van der Waals surface area contributed by atoms with E-state index >= 15 is 0 Å². The van der Waals surface area contributed by atoms with Crippen LogP contribution in [0.3, 0.4) is 0 Å². The van der Waals surface area contributed by atoms with Gasteiger partial charge in [-0.05, 0) is 65.4 Å². The lowest BCUT2D eigenvalue weighted by Crippen LogP contribution is -2.53. The predicted molar refractivity (Wildman–Crippen MR) is 126 cm³/mol. The predicted octanol–water partition coefficient (Wildman–Crippen LogP) is 2.84. The molecule has 2 aliphatic rings. The summed E-state index contributed by atoms with van der Waals surface area (Å²) in [5.74, 6) is -1.04. The van der Waals surface area contributed by atoms with Crippen molar-refractivity contribution in [2.45, 2.75) is 51.9 Å². The van der Waals surface area contributed by atoms with Crippen molar-refractivity contribution < 1.29 is 19.1 Å². The Labute approximate surface area is 195 Å². The zero-order valence-corrected chi connectivity index (χ0v) is 20.2. The number of carbonyl (C=O) groups excluding carboxylic acids is 2. The standard InChI is InChI=1S/C23H35ClN4O4/c1-22(2,3)32-21(30)23(8-13-31-19(25)15-23)20(29)26-16-6-7-18(17(24)14-16)28-10-5-9-27(4)11-12-28/h6-7,14,19H,5,8-13,15,25H2,1-4H3,(H,26,29). The quantitative estimate of drug-likeness (QED) is 0.520. The average Bonchev–Trinajstić information content (AvgIpc) is 2.91. The molecule has 2 unspecified atom stereocenters. The highest BCUT2D eigenvalue weighted by Crippen LogP contribution is 2.37. The van der Waals surface area contributed by atoms with Gasteiger partial charge in [0.05, 0.1) is 17.3 Å². The second-order valence-electron chi connectivity index (χ2n) is 9.71. The van der Waals surface area contributed by atoms with Crippen molar-refractivity contribution in [3.05, 3.63) is 23.2 Å². The molecule has 8 nitrogen and oxygen atoms in total. The van der Waals surface area contributed by atoms with Gasteiger partial charge in [0.2, 0.25) is 5.91 Å². The summed E-state index contributed by atoms with van der Waals surface area (Å²) in [6, 6.07) is 5.46. The zero-order chi connectivity index (χ0) is 23.5. The fourth-order valence-corrected chi connectivity index (χ4v) is 4.43. The highest BCUT2D eigenvalue weighted by molar-refractivity contribution is 6.33. The van der Waals surface area contributed by atoms with Crippen LogP contribution in [0.1, 0.15) is 40.0 Å². The number of carbonyl (C=O) groups is 2. The van der Waals surface area contributed by atoms with Crippen molar-refractivity contribution in [3.8, 4) is 0 Å². The van der Waals surface area contributed by atoms with E-state index < -0.39 is 29.1 Å². The third-order valence-electron chi connectivity index (χ3n) is 5.90. The van der Waals surface area contributed by atoms with Crippen LogP contribution in [0.15, 0.2) is 18.2 Å². The maximum Gasteiger partial charge on any atom is 0.322 e. The molecule has 0 radical (unpaired) electrons. The SMILES string of the molecule is CN1CCCN(c2ccc(NC(=O)C3(C(=O)OC(C)(C)C)CCOC(N)C3)cc2Cl)CC1. The van der Waals surface area contributed by atoms with Crippen LogP contribution in [0.2, 0.25) is 5.02 Å². The Kier molecular flexibility index (Phi) is 7.70. The summed E-state index contributed by atoms with van der Waals surface area (Å²) in [7, 11) is 2.12. The number of hydrogen-bond acceptors (Lipinski definition) is 7. The second-order valence-corrected chi connectivity index (χ2v) is 10.1. The molecular formula is C23H35ClN4O4. The lowest BCUT2D eigenvalue weighted by atomic mass is 9.78. The fourth-order valence-electron chi connectivity index (χ4n) is 4.13. The molecule has 1 aromatic rings. The molecule has 3 rings (SSSR count). The van der Waals surface area contributed by atoms with Gasteiger partial charge in [-0.2, -0.15) is 0 Å². The summed E-state index contributed by atoms with van der Waals surface area (Å²) in [6.07, 6.45) is 0.607. The van der Waals surface area contributed by atoms with Gasteiger partial charge in [-0.3, -0.25) is 9.59 Å². The van der Waals surface area contributed by atoms with Crippen molar-refractivity contribution in [2.24, 2.45) is 11.1 Å². The fraction of sp³-hybridized carbons (Fsp3) is 0.652. The minimum atomic E-state index is -1.41. The van der Waals surface area contributed by atoms with Gasteiger partial charge in [-0.15, -0.1) is 0 Å². The van der Waals surface area contributed by atoms with Crippen molar-refractivity contribution in [1.82, 2.24) is 4.90 Å². The van der Waals surface area contributed by atoms with Crippen molar-refractivity contribution >= 4 is 34.9 Å². The van der Waals surface area contributed by atoms with E-state index in [1.807, 2.05) is 12.1 Å². The van der Waals surface area contributed by atoms with E-state index in [1.165, 1.54) is 0 Å². The molecule has 2 saturated heterocycles. The molecule has 32 heavy (non-hydrogen) atoms. The number of esters is 1. The lowest BCUT2D eigenvalue weighted by Gasteiger charge is -2.38. The minimum Gasteiger partial charge on any atom is -0.459 e. The van der Waals surface area contributed by atoms with Gasteiger partial charge in [-0.1, -0.05) is 11.6 Å². The molecule has 0 saturated carbocycles. The van der Waals surface area contributed by atoms with Gasteiger partial charge < -0.3 is 30.3 Å². The van der Waals surface area contributed by atoms with Gasteiger partial charge >= 0.3 is 5.97 Å². The van der Waals surface area contributed by atoms with Crippen LogP contribution in [0.5, 0.6) is 0 Å². The Bertz CT molecular complexity index is 844. The van der Waals surface area contributed by atoms with E-state index in [2.05, 4.69) is 22.2 Å². The van der Waals surface area contributed by atoms with Crippen LogP contribution in [-0.2, 0) is 19.1 Å². The summed E-state index contributed by atoms with van der Waals surface area (Å²) >= 11 is 6.59. The molecule has 0 aliphatic carbocycles. The van der Waals surface area contributed by atoms with Crippen LogP contribution in [0.4, 0.5) is 11.4 Å². The molecule has 2 fully saturated rings. The molecule has 3 N–H and O–H groups in total. The smallest absolute Gasteiger partial charge is 0.322 e. The third-order valence-corrected chi connectivity index (χ3v) is 6.20. The first-order valence-corrected chi connectivity index (χ1v) is 11.5. The molecular weight excluding hydrogens is 432 g/mol. The highest BCUT2D eigenvalue weighted by atomic mass is 35.5. The Morgan fingerprint density at radius 3 is 2.66 bits per heavy atom. The van der Waals surface area contributed by atoms with Crippen molar-refractivity contribution in [3.63, 3.8) is 0 Å². The number of halogens is 1. The number of hydrogen-bond donors (Lipinski definition) is 2. The summed E-state index contributed by atoms with van der Waals surface area (Å²) in [5, 5.41) is 3.43. The van der Waals surface area contributed by atoms with E-state index in [0.29, 0.717) is 10.7 Å². The van der Waals surface area contributed by atoms with Crippen LogP contribution >= 0.6 is 11.6 Å². The number of nitrogens with two attached hydrogens (primary N) is 1. The third kappa shape index (κ3) is 5.92.